The van der Waals surface area contributed by atoms with E-state index in [0.29, 0.717) is 15.9 Å². The van der Waals surface area contributed by atoms with E-state index in [2.05, 4.69) is 129 Å². The van der Waals surface area contributed by atoms with E-state index in [4.69, 9.17) is 38.2 Å². The lowest BCUT2D eigenvalue weighted by atomic mass is 9.94. The number of aromatic nitrogens is 2. The highest BCUT2D eigenvalue weighted by Gasteiger charge is 2.46. The predicted molar refractivity (Wildman–Crippen MR) is 217 cm³/mol. The van der Waals surface area contributed by atoms with Crippen molar-refractivity contribution in [2.75, 3.05) is 0 Å². The van der Waals surface area contributed by atoms with Crippen LogP contribution in [0.2, 0.25) is 10.0 Å². The Bertz CT molecular complexity index is 2500. The molecule has 0 saturated heterocycles. The number of benzene rings is 6. The number of halogens is 2. The van der Waals surface area contributed by atoms with Gasteiger partial charge in [-0.1, -0.05) is 151 Å². The molecule has 0 atom stereocenters. The second-order valence-electron chi connectivity index (χ2n) is 13.2. The van der Waals surface area contributed by atoms with Crippen molar-refractivity contribution in [2.45, 2.75) is 33.5 Å². The summed E-state index contributed by atoms with van der Waals surface area (Å²) in [5, 5.41) is 1.11. The molecule has 1 aliphatic rings. The summed E-state index contributed by atoms with van der Waals surface area (Å²) in [6.45, 7) is 8.48. The standard InChI is InChI=1S/C46H36Cl2N4/c1-29-17-5-9-21-33(29)41-42(34-22-10-6-18-30(34)2)51-46(50-41,38-26-14-16-28-40(38)48)52-44(36-24-12-8-20-32(36)4)43(35-23-11-7-19-31(35)3)49-45(52)37-25-13-15-27-39(37)47/h5-28H,1-4H3. The number of rotatable bonds is 7. The molecule has 6 aromatic carbocycles. The molecule has 0 N–H and O–H groups in total. The molecule has 0 fully saturated rings. The first kappa shape index (κ1) is 33.6. The average Bonchev–Trinajstić information content (AvgIpc) is 3.73. The second-order valence-corrected chi connectivity index (χ2v) is 14.1. The molecule has 0 amide bonds. The molecule has 0 aliphatic carbocycles. The Morgan fingerprint density at radius 2 is 0.846 bits per heavy atom. The van der Waals surface area contributed by atoms with Gasteiger partial charge >= 0.3 is 0 Å². The van der Waals surface area contributed by atoms with E-state index in [0.717, 1.165) is 78.4 Å². The third kappa shape index (κ3) is 5.60. The lowest BCUT2D eigenvalue weighted by Crippen LogP contribution is -2.32. The third-order valence-corrected chi connectivity index (χ3v) is 10.6. The molecule has 0 radical (unpaired) electrons. The van der Waals surface area contributed by atoms with Gasteiger partial charge < -0.3 is 0 Å². The van der Waals surface area contributed by atoms with E-state index in [1.54, 1.807) is 0 Å². The molecular formula is C46H36Cl2N4. The molecule has 4 nitrogen and oxygen atoms in total. The van der Waals surface area contributed by atoms with Gasteiger partial charge in [0.15, 0.2) is 0 Å². The Hall–Kier alpha value is -5.55. The van der Waals surface area contributed by atoms with Crippen LogP contribution in [-0.2, 0) is 5.79 Å². The number of aryl methyl sites for hydroxylation is 4. The summed E-state index contributed by atoms with van der Waals surface area (Å²) in [5.41, 5.74) is 13.1. The smallest absolute Gasteiger partial charge is 0.263 e. The van der Waals surface area contributed by atoms with E-state index >= 15 is 0 Å². The monoisotopic (exact) mass is 714 g/mol. The fourth-order valence-corrected chi connectivity index (χ4v) is 7.71. The normalized spacial score (nSPS) is 13.6. The van der Waals surface area contributed by atoms with Crippen molar-refractivity contribution < 1.29 is 0 Å². The van der Waals surface area contributed by atoms with Crippen LogP contribution in [0.5, 0.6) is 0 Å². The van der Waals surface area contributed by atoms with Gasteiger partial charge in [-0.25, -0.2) is 15.0 Å². The fourth-order valence-electron chi connectivity index (χ4n) is 7.23. The van der Waals surface area contributed by atoms with Crippen LogP contribution in [0, 0.1) is 27.7 Å². The summed E-state index contributed by atoms with van der Waals surface area (Å²) in [4.78, 5) is 17.2. The first-order chi connectivity index (χ1) is 25.3. The second kappa shape index (κ2) is 13.5. The van der Waals surface area contributed by atoms with Gasteiger partial charge in [0.25, 0.3) is 5.79 Å². The molecule has 7 aromatic rings. The summed E-state index contributed by atoms with van der Waals surface area (Å²) in [6, 6.07) is 49.1. The maximum Gasteiger partial charge on any atom is 0.263 e. The summed E-state index contributed by atoms with van der Waals surface area (Å²) in [5.74, 6) is -0.808. The van der Waals surface area contributed by atoms with Gasteiger partial charge in [-0.3, -0.25) is 4.57 Å². The predicted octanol–water partition coefficient (Wildman–Crippen LogP) is 12.1. The zero-order valence-electron chi connectivity index (χ0n) is 29.4. The van der Waals surface area contributed by atoms with Crippen LogP contribution < -0.4 is 0 Å². The number of imidazole rings is 1. The number of hydrogen-bond acceptors (Lipinski definition) is 3. The molecule has 0 bridgehead atoms. The van der Waals surface area contributed by atoms with E-state index in [9.17, 15) is 0 Å². The zero-order chi connectivity index (χ0) is 36.0. The lowest BCUT2D eigenvalue weighted by molar-refractivity contribution is 0.409. The highest BCUT2D eigenvalue weighted by Crippen LogP contribution is 2.49. The third-order valence-electron chi connectivity index (χ3n) is 9.90. The molecule has 1 aromatic heterocycles. The van der Waals surface area contributed by atoms with Crippen LogP contribution in [0.25, 0.3) is 33.9 Å². The summed E-state index contributed by atoms with van der Waals surface area (Å²) < 4.78 is 2.18. The molecule has 0 unspecified atom stereocenters. The number of hydrogen-bond donors (Lipinski definition) is 0. The van der Waals surface area contributed by atoms with Gasteiger partial charge in [0.05, 0.1) is 32.9 Å². The largest absolute Gasteiger partial charge is 0.275 e. The van der Waals surface area contributed by atoms with Crippen molar-refractivity contribution in [3.63, 3.8) is 0 Å². The number of aliphatic imine (C=N–C) groups is 2. The molecule has 0 spiro atoms. The number of nitrogens with zero attached hydrogens (tertiary/aromatic N) is 4. The van der Waals surface area contributed by atoms with Crippen molar-refractivity contribution in [2.24, 2.45) is 9.98 Å². The minimum atomic E-state index is -1.44. The highest BCUT2D eigenvalue weighted by atomic mass is 35.5. The average molecular weight is 716 g/mol. The van der Waals surface area contributed by atoms with E-state index in [1.165, 1.54) is 0 Å². The van der Waals surface area contributed by atoms with E-state index in [1.807, 2.05) is 48.5 Å². The van der Waals surface area contributed by atoms with Gasteiger partial charge in [-0.15, -0.1) is 0 Å². The van der Waals surface area contributed by atoms with Crippen molar-refractivity contribution >= 4 is 34.6 Å². The molecule has 52 heavy (non-hydrogen) atoms. The molecule has 1 aliphatic heterocycles. The van der Waals surface area contributed by atoms with Crippen LogP contribution in [0.1, 0.15) is 38.9 Å². The molecule has 6 heteroatoms. The first-order valence-corrected chi connectivity index (χ1v) is 18.1. The molecule has 254 valence electrons. The van der Waals surface area contributed by atoms with Crippen molar-refractivity contribution in [1.82, 2.24) is 9.55 Å². The summed E-state index contributed by atoms with van der Waals surface area (Å²) >= 11 is 14.4. The lowest BCUT2D eigenvalue weighted by Gasteiger charge is -2.31. The van der Waals surface area contributed by atoms with E-state index in [-0.39, 0.29) is 0 Å². The van der Waals surface area contributed by atoms with Crippen molar-refractivity contribution in [3.8, 4) is 33.9 Å². The van der Waals surface area contributed by atoms with Gasteiger partial charge in [-0.2, -0.15) is 0 Å². The van der Waals surface area contributed by atoms with Gasteiger partial charge in [0.1, 0.15) is 5.82 Å². The Kier molecular flexibility index (Phi) is 8.74. The maximum atomic E-state index is 7.30. The molecule has 8 rings (SSSR count). The fraction of sp³-hybridized carbons (Fsp3) is 0.109. The van der Waals surface area contributed by atoms with Crippen molar-refractivity contribution in [1.29, 1.82) is 0 Å². The van der Waals surface area contributed by atoms with Crippen LogP contribution in [0.3, 0.4) is 0 Å². The molecular weight excluding hydrogens is 679 g/mol. The SMILES string of the molecule is Cc1ccccc1C1=NC(c2ccccc2Cl)(n2c(-c3ccccc3Cl)nc(-c3ccccc3C)c2-c2ccccc2C)N=C1c1ccccc1C. The Balaban J connectivity index is 1.63. The van der Waals surface area contributed by atoms with Gasteiger partial charge in [-0.05, 0) is 68.1 Å². The highest BCUT2D eigenvalue weighted by molar-refractivity contribution is 6.55. The summed E-state index contributed by atoms with van der Waals surface area (Å²) in [6.07, 6.45) is 0. The van der Waals surface area contributed by atoms with Crippen LogP contribution in [0.4, 0.5) is 0 Å². The first-order valence-electron chi connectivity index (χ1n) is 17.4. The Morgan fingerprint density at radius 3 is 1.33 bits per heavy atom. The van der Waals surface area contributed by atoms with Crippen LogP contribution in [-0.4, -0.2) is 21.0 Å². The van der Waals surface area contributed by atoms with E-state index < -0.39 is 5.79 Å². The minimum absolute atomic E-state index is 0.539. The molecule has 0 saturated carbocycles. The van der Waals surface area contributed by atoms with Crippen LogP contribution >= 0.6 is 23.2 Å². The Labute approximate surface area is 314 Å². The van der Waals surface area contributed by atoms with Crippen molar-refractivity contribution in [3.05, 3.63) is 195 Å². The topological polar surface area (TPSA) is 42.5 Å². The van der Waals surface area contributed by atoms with Crippen LogP contribution in [0.15, 0.2) is 156 Å². The minimum Gasteiger partial charge on any atom is -0.275 e. The van der Waals surface area contributed by atoms with Gasteiger partial charge in [0.2, 0.25) is 0 Å². The Morgan fingerprint density at radius 1 is 0.442 bits per heavy atom. The van der Waals surface area contributed by atoms with Gasteiger partial charge in [0, 0.05) is 33.4 Å². The maximum absolute atomic E-state index is 7.30. The quantitative estimate of drug-likeness (QED) is 0.162. The summed E-state index contributed by atoms with van der Waals surface area (Å²) in [7, 11) is 0. The molecule has 2 heterocycles. The zero-order valence-corrected chi connectivity index (χ0v) is 30.9.